The third-order valence-corrected chi connectivity index (χ3v) is 2.34. The fourth-order valence-corrected chi connectivity index (χ4v) is 1.42. The fourth-order valence-electron chi connectivity index (χ4n) is 1.42. The summed E-state index contributed by atoms with van der Waals surface area (Å²) >= 11 is 0. The summed E-state index contributed by atoms with van der Waals surface area (Å²) in [6.07, 6.45) is 10.4. The maximum atomic E-state index is 10.5. The standard InChI is InChI=1S/C6H10O.C6H12O/c7-6-4-2-1-3-5-6;1-2-3-4-5-6-7/h1-5H2;6H,2-5H2,1H3. The van der Waals surface area contributed by atoms with Gasteiger partial charge in [0, 0.05) is 19.3 Å². The topological polar surface area (TPSA) is 34.1 Å². The number of carbonyl (C=O) groups excluding carboxylic acids is 2. The third-order valence-electron chi connectivity index (χ3n) is 2.34. The Morgan fingerprint density at radius 1 is 1.14 bits per heavy atom. The Bertz CT molecular complexity index is 144. The molecule has 1 rings (SSSR count). The molecule has 0 bridgehead atoms. The van der Waals surface area contributed by atoms with E-state index in [0.29, 0.717) is 5.78 Å². The van der Waals surface area contributed by atoms with Gasteiger partial charge in [0.1, 0.15) is 12.1 Å². The van der Waals surface area contributed by atoms with E-state index in [9.17, 15) is 9.59 Å². The second-order valence-corrected chi connectivity index (χ2v) is 3.76. The molecule has 0 radical (unpaired) electrons. The van der Waals surface area contributed by atoms with Crippen molar-refractivity contribution in [3.63, 3.8) is 0 Å². The van der Waals surface area contributed by atoms with Crippen molar-refractivity contribution in [2.24, 2.45) is 0 Å². The van der Waals surface area contributed by atoms with Gasteiger partial charge in [-0.1, -0.05) is 26.2 Å². The van der Waals surface area contributed by atoms with Crippen molar-refractivity contribution in [2.45, 2.75) is 64.7 Å². The lowest BCUT2D eigenvalue weighted by Gasteiger charge is -2.05. The van der Waals surface area contributed by atoms with E-state index in [1.54, 1.807) is 0 Å². The van der Waals surface area contributed by atoms with Crippen LogP contribution < -0.4 is 0 Å². The highest BCUT2D eigenvalue weighted by Crippen LogP contribution is 2.12. The molecule has 0 aliphatic heterocycles. The van der Waals surface area contributed by atoms with Gasteiger partial charge in [-0.05, 0) is 19.3 Å². The molecule has 2 nitrogen and oxygen atoms in total. The van der Waals surface area contributed by atoms with Crippen molar-refractivity contribution in [1.82, 2.24) is 0 Å². The zero-order chi connectivity index (χ0) is 10.6. The van der Waals surface area contributed by atoms with Crippen molar-refractivity contribution < 1.29 is 9.59 Å². The summed E-state index contributed by atoms with van der Waals surface area (Å²) in [6, 6.07) is 0. The Labute approximate surface area is 87.1 Å². The van der Waals surface area contributed by atoms with E-state index in [-0.39, 0.29) is 0 Å². The lowest BCUT2D eigenvalue weighted by atomic mass is 10.00. The van der Waals surface area contributed by atoms with Crippen LogP contribution in [0.3, 0.4) is 0 Å². The number of hydrogen-bond acceptors (Lipinski definition) is 2. The summed E-state index contributed by atoms with van der Waals surface area (Å²) < 4.78 is 0. The smallest absolute Gasteiger partial charge is 0.132 e. The highest BCUT2D eigenvalue weighted by molar-refractivity contribution is 5.78. The van der Waals surface area contributed by atoms with Crippen molar-refractivity contribution >= 4 is 12.1 Å². The van der Waals surface area contributed by atoms with Crippen molar-refractivity contribution in [2.75, 3.05) is 0 Å². The minimum Gasteiger partial charge on any atom is -0.303 e. The van der Waals surface area contributed by atoms with Crippen LogP contribution in [0.5, 0.6) is 0 Å². The molecule has 0 aromatic rings. The first-order valence-electron chi connectivity index (χ1n) is 5.76. The second kappa shape index (κ2) is 10.4. The number of rotatable bonds is 4. The Balaban J connectivity index is 0.000000241. The first-order chi connectivity index (χ1) is 6.81. The normalized spacial score (nSPS) is 15.6. The quantitative estimate of drug-likeness (QED) is 0.513. The minimum absolute atomic E-state index is 0.464. The molecule has 0 amide bonds. The average Bonchev–Trinajstić information content (AvgIpc) is 2.21. The van der Waals surface area contributed by atoms with E-state index in [4.69, 9.17) is 0 Å². The molecule has 0 saturated heterocycles. The molecule has 0 spiro atoms. The number of ketones is 1. The minimum atomic E-state index is 0.464. The second-order valence-electron chi connectivity index (χ2n) is 3.76. The predicted octanol–water partition coefficient (Wildman–Crippen LogP) is 3.29. The lowest BCUT2D eigenvalue weighted by molar-refractivity contribution is -0.120. The molecule has 0 N–H and O–H groups in total. The van der Waals surface area contributed by atoms with Crippen LogP contribution in [0, 0.1) is 0 Å². The maximum Gasteiger partial charge on any atom is 0.132 e. The monoisotopic (exact) mass is 198 g/mol. The number of carbonyl (C=O) groups is 2. The largest absolute Gasteiger partial charge is 0.303 e. The number of aldehydes is 1. The zero-order valence-corrected chi connectivity index (χ0v) is 9.26. The molecular formula is C12H22O2. The molecule has 82 valence electrons. The van der Waals surface area contributed by atoms with Crippen molar-refractivity contribution in [1.29, 1.82) is 0 Å². The highest BCUT2D eigenvalue weighted by Gasteiger charge is 2.05. The number of hydrogen-bond donors (Lipinski definition) is 0. The van der Waals surface area contributed by atoms with Gasteiger partial charge >= 0.3 is 0 Å². The fraction of sp³-hybridized carbons (Fsp3) is 0.833. The molecule has 1 saturated carbocycles. The van der Waals surface area contributed by atoms with Gasteiger partial charge in [-0.15, -0.1) is 0 Å². The van der Waals surface area contributed by atoms with Crippen LogP contribution in [0.2, 0.25) is 0 Å². The van der Waals surface area contributed by atoms with Gasteiger partial charge in [-0.25, -0.2) is 0 Å². The SMILES string of the molecule is CCCCCC=O.O=C1CCCCC1. The van der Waals surface area contributed by atoms with E-state index in [1.165, 1.54) is 19.3 Å². The van der Waals surface area contributed by atoms with Crippen LogP contribution in [-0.4, -0.2) is 12.1 Å². The van der Waals surface area contributed by atoms with Gasteiger partial charge in [-0.3, -0.25) is 4.79 Å². The lowest BCUT2D eigenvalue weighted by Crippen LogP contribution is -2.02. The predicted molar refractivity (Wildman–Crippen MR) is 58.3 cm³/mol. The van der Waals surface area contributed by atoms with Crippen molar-refractivity contribution in [3.05, 3.63) is 0 Å². The summed E-state index contributed by atoms with van der Waals surface area (Å²) in [6.45, 7) is 2.13. The third kappa shape index (κ3) is 9.43. The van der Waals surface area contributed by atoms with Gasteiger partial charge in [0.15, 0.2) is 0 Å². The van der Waals surface area contributed by atoms with Crippen LogP contribution in [0.25, 0.3) is 0 Å². The number of Topliss-reactive ketones (excluding diaryl/α,β-unsaturated/α-hetero) is 1. The summed E-state index contributed by atoms with van der Waals surface area (Å²) in [5, 5.41) is 0. The van der Waals surface area contributed by atoms with Crippen LogP contribution >= 0.6 is 0 Å². The van der Waals surface area contributed by atoms with E-state index in [1.807, 2.05) is 0 Å². The van der Waals surface area contributed by atoms with Crippen LogP contribution in [0.15, 0.2) is 0 Å². The zero-order valence-electron chi connectivity index (χ0n) is 9.26. The van der Waals surface area contributed by atoms with Crippen LogP contribution in [0.1, 0.15) is 64.7 Å². The Kier molecular flexibility index (Phi) is 9.93. The maximum absolute atomic E-state index is 10.5. The van der Waals surface area contributed by atoms with E-state index in [2.05, 4.69) is 6.92 Å². The molecule has 0 aromatic heterocycles. The molecule has 1 aliphatic rings. The van der Waals surface area contributed by atoms with E-state index in [0.717, 1.165) is 44.8 Å². The van der Waals surface area contributed by atoms with Gasteiger partial charge in [-0.2, -0.15) is 0 Å². The summed E-state index contributed by atoms with van der Waals surface area (Å²) in [4.78, 5) is 20.1. The average molecular weight is 198 g/mol. The molecule has 0 unspecified atom stereocenters. The van der Waals surface area contributed by atoms with Crippen molar-refractivity contribution in [3.8, 4) is 0 Å². The molecule has 0 aromatic carbocycles. The molecule has 0 atom stereocenters. The molecule has 1 aliphatic carbocycles. The molecule has 14 heavy (non-hydrogen) atoms. The molecule has 2 heteroatoms. The summed E-state index contributed by atoms with van der Waals surface area (Å²) in [5.41, 5.74) is 0. The highest BCUT2D eigenvalue weighted by atomic mass is 16.1. The van der Waals surface area contributed by atoms with E-state index >= 15 is 0 Å². The summed E-state index contributed by atoms with van der Waals surface area (Å²) in [7, 11) is 0. The first-order valence-corrected chi connectivity index (χ1v) is 5.76. The summed E-state index contributed by atoms with van der Waals surface area (Å²) in [5.74, 6) is 0.464. The Hall–Kier alpha value is -0.660. The Morgan fingerprint density at radius 2 is 1.79 bits per heavy atom. The Morgan fingerprint density at radius 3 is 2.14 bits per heavy atom. The van der Waals surface area contributed by atoms with E-state index < -0.39 is 0 Å². The van der Waals surface area contributed by atoms with Gasteiger partial charge in [0.25, 0.3) is 0 Å². The number of unbranched alkanes of at least 4 members (excludes halogenated alkanes) is 3. The van der Waals surface area contributed by atoms with Gasteiger partial charge in [0.05, 0.1) is 0 Å². The van der Waals surface area contributed by atoms with Gasteiger partial charge in [0.2, 0.25) is 0 Å². The molecular weight excluding hydrogens is 176 g/mol. The first kappa shape index (κ1) is 13.3. The molecule has 0 heterocycles. The van der Waals surface area contributed by atoms with Gasteiger partial charge < -0.3 is 4.79 Å². The van der Waals surface area contributed by atoms with Crippen LogP contribution in [-0.2, 0) is 9.59 Å². The van der Waals surface area contributed by atoms with Crippen LogP contribution in [0.4, 0.5) is 0 Å². The molecule has 1 fully saturated rings.